The van der Waals surface area contributed by atoms with Gasteiger partial charge >= 0.3 is 0 Å². The van der Waals surface area contributed by atoms with E-state index in [0.717, 1.165) is 25.9 Å². The zero-order valence-corrected chi connectivity index (χ0v) is 6.48. The van der Waals surface area contributed by atoms with E-state index < -0.39 is 5.72 Å². The lowest BCUT2D eigenvalue weighted by Gasteiger charge is -2.25. The van der Waals surface area contributed by atoms with Gasteiger partial charge in [-0.2, -0.15) is 0 Å². The summed E-state index contributed by atoms with van der Waals surface area (Å²) in [6, 6.07) is 0. The highest BCUT2D eigenvalue weighted by Gasteiger charge is 2.24. The molecule has 1 atom stereocenters. The highest BCUT2D eigenvalue weighted by Crippen LogP contribution is 2.05. The minimum Gasteiger partial charge on any atom is -0.375 e. The van der Waals surface area contributed by atoms with Crippen LogP contribution in [0.5, 0.6) is 0 Å². The fourth-order valence-electron chi connectivity index (χ4n) is 1.14. The maximum atomic E-state index is 9.69. The molecule has 1 aliphatic rings. The molecule has 0 aliphatic carbocycles. The maximum Gasteiger partial charge on any atom is 0.128 e. The number of aliphatic hydroxyl groups is 1. The molecule has 3 N–H and O–H groups in total. The van der Waals surface area contributed by atoms with Crippen molar-refractivity contribution in [3.05, 3.63) is 0 Å². The van der Waals surface area contributed by atoms with Crippen LogP contribution in [0.4, 0.5) is 0 Å². The summed E-state index contributed by atoms with van der Waals surface area (Å²) in [4.78, 5) is 0. The van der Waals surface area contributed by atoms with E-state index in [-0.39, 0.29) is 0 Å². The van der Waals surface area contributed by atoms with Crippen molar-refractivity contribution in [2.45, 2.75) is 25.5 Å². The summed E-state index contributed by atoms with van der Waals surface area (Å²) in [7, 11) is 0. The molecule has 0 aromatic rings. The minimum absolute atomic E-state index is 0.656. The average molecular weight is 144 g/mol. The number of nitrogens with one attached hydrogen (secondary N) is 2. The van der Waals surface area contributed by atoms with E-state index >= 15 is 0 Å². The fourth-order valence-corrected chi connectivity index (χ4v) is 1.14. The van der Waals surface area contributed by atoms with Crippen molar-refractivity contribution in [2.24, 2.45) is 0 Å². The van der Waals surface area contributed by atoms with Gasteiger partial charge in [-0.05, 0) is 25.9 Å². The van der Waals surface area contributed by atoms with Crippen LogP contribution >= 0.6 is 0 Å². The Kier molecular flexibility index (Phi) is 2.65. The highest BCUT2D eigenvalue weighted by atomic mass is 16.3. The lowest BCUT2D eigenvalue weighted by atomic mass is 10.1. The van der Waals surface area contributed by atoms with Crippen LogP contribution < -0.4 is 10.6 Å². The molecular formula is C7H16N2O. The second kappa shape index (κ2) is 3.32. The topological polar surface area (TPSA) is 44.3 Å². The first kappa shape index (κ1) is 7.98. The Labute approximate surface area is 61.8 Å². The van der Waals surface area contributed by atoms with E-state index in [1.165, 1.54) is 0 Å². The van der Waals surface area contributed by atoms with Gasteiger partial charge in [0, 0.05) is 6.54 Å². The summed E-state index contributed by atoms with van der Waals surface area (Å²) in [6.45, 7) is 4.58. The Balaban J connectivity index is 2.41. The standard InChI is InChI=1S/C7H16N2O/c1-2-7(10)6-8-4-3-5-9-7/h8-10H,2-6H2,1H3. The van der Waals surface area contributed by atoms with E-state index in [1.54, 1.807) is 0 Å². The molecule has 0 bridgehead atoms. The molecule has 0 spiro atoms. The average Bonchev–Trinajstić information content (AvgIpc) is 2.15. The van der Waals surface area contributed by atoms with E-state index in [4.69, 9.17) is 0 Å². The van der Waals surface area contributed by atoms with Gasteiger partial charge < -0.3 is 10.4 Å². The van der Waals surface area contributed by atoms with Gasteiger partial charge in [0.1, 0.15) is 5.72 Å². The Bertz CT molecular complexity index is 97.8. The molecule has 0 saturated carbocycles. The summed E-state index contributed by atoms with van der Waals surface area (Å²) in [6.07, 6.45) is 1.86. The number of rotatable bonds is 1. The molecule has 1 aliphatic heterocycles. The number of hydrogen-bond acceptors (Lipinski definition) is 3. The number of hydrogen-bond donors (Lipinski definition) is 3. The summed E-state index contributed by atoms with van der Waals surface area (Å²) in [5.41, 5.74) is -0.656. The predicted octanol–water partition coefficient (Wildman–Crippen LogP) is -0.332. The summed E-state index contributed by atoms with van der Waals surface area (Å²) in [5.74, 6) is 0. The van der Waals surface area contributed by atoms with Crippen molar-refractivity contribution in [1.82, 2.24) is 10.6 Å². The Morgan fingerprint density at radius 3 is 3.00 bits per heavy atom. The van der Waals surface area contributed by atoms with Gasteiger partial charge in [0.15, 0.2) is 0 Å². The lowest BCUT2D eigenvalue weighted by molar-refractivity contribution is 0.00926. The summed E-state index contributed by atoms with van der Waals surface area (Å²) < 4.78 is 0. The second-order valence-corrected chi connectivity index (χ2v) is 2.84. The van der Waals surface area contributed by atoms with Crippen molar-refractivity contribution < 1.29 is 5.11 Å². The monoisotopic (exact) mass is 144 g/mol. The van der Waals surface area contributed by atoms with Gasteiger partial charge in [0.2, 0.25) is 0 Å². The van der Waals surface area contributed by atoms with Gasteiger partial charge in [-0.15, -0.1) is 0 Å². The first-order valence-corrected chi connectivity index (χ1v) is 3.95. The van der Waals surface area contributed by atoms with E-state index in [1.807, 2.05) is 6.92 Å². The zero-order valence-electron chi connectivity index (χ0n) is 6.48. The van der Waals surface area contributed by atoms with Crippen LogP contribution in [0.2, 0.25) is 0 Å². The Morgan fingerprint density at radius 1 is 1.50 bits per heavy atom. The third-order valence-corrected chi connectivity index (χ3v) is 1.99. The Hall–Kier alpha value is -0.120. The van der Waals surface area contributed by atoms with Crippen molar-refractivity contribution in [3.63, 3.8) is 0 Å². The molecule has 10 heavy (non-hydrogen) atoms. The van der Waals surface area contributed by atoms with Crippen LogP contribution in [0, 0.1) is 0 Å². The van der Waals surface area contributed by atoms with Crippen LogP contribution in [0.1, 0.15) is 19.8 Å². The molecule has 0 aromatic heterocycles. The minimum atomic E-state index is -0.656. The molecular weight excluding hydrogens is 128 g/mol. The molecule has 60 valence electrons. The van der Waals surface area contributed by atoms with Crippen LogP contribution in [0.15, 0.2) is 0 Å². The smallest absolute Gasteiger partial charge is 0.128 e. The normalized spacial score (nSPS) is 35.4. The molecule has 0 amide bonds. The first-order chi connectivity index (χ1) is 4.77. The summed E-state index contributed by atoms with van der Waals surface area (Å²) in [5, 5.41) is 16.0. The highest BCUT2D eigenvalue weighted by molar-refractivity contribution is 4.79. The quantitative estimate of drug-likeness (QED) is 0.472. The molecule has 1 heterocycles. The summed E-state index contributed by atoms with van der Waals surface area (Å²) >= 11 is 0. The molecule has 1 fully saturated rings. The van der Waals surface area contributed by atoms with Gasteiger partial charge in [-0.1, -0.05) is 6.92 Å². The molecule has 0 radical (unpaired) electrons. The predicted molar refractivity (Wildman–Crippen MR) is 40.7 cm³/mol. The third kappa shape index (κ3) is 1.94. The van der Waals surface area contributed by atoms with Crippen LogP contribution in [-0.4, -0.2) is 30.5 Å². The number of β-amino-alcohol motifs (C(OH)–C–C–N with tert-alkyl or cyclic N) is 1. The SMILES string of the molecule is CCC1(O)CNCCCN1. The Morgan fingerprint density at radius 2 is 2.30 bits per heavy atom. The van der Waals surface area contributed by atoms with Crippen LogP contribution in [0.3, 0.4) is 0 Å². The first-order valence-electron chi connectivity index (χ1n) is 3.95. The van der Waals surface area contributed by atoms with Crippen molar-refractivity contribution >= 4 is 0 Å². The van der Waals surface area contributed by atoms with Crippen LogP contribution in [-0.2, 0) is 0 Å². The van der Waals surface area contributed by atoms with Gasteiger partial charge in [0.25, 0.3) is 0 Å². The molecule has 1 unspecified atom stereocenters. The fraction of sp³-hybridized carbons (Fsp3) is 1.00. The molecule has 3 heteroatoms. The van der Waals surface area contributed by atoms with E-state index in [2.05, 4.69) is 10.6 Å². The van der Waals surface area contributed by atoms with Crippen molar-refractivity contribution in [3.8, 4) is 0 Å². The molecule has 0 aromatic carbocycles. The van der Waals surface area contributed by atoms with Gasteiger partial charge in [-0.3, -0.25) is 5.32 Å². The second-order valence-electron chi connectivity index (χ2n) is 2.84. The molecule has 1 rings (SSSR count). The molecule has 1 saturated heterocycles. The van der Waals surface area contributed by atoms with Gasteiger partial charge in [-0.25, -0.2) is 0 Å². The van der Waals surface area contributed by atoms with E-state index in [0.29, 0.717) is 6.54 Å². The van der Waals surface area contributed by atoms with Gasteiger partial charge in [0.05, 0.1) is 0 Å². The van der Waals surface area contributed by atoms with E-state index in [9.17, 15) is 5.11 Å². The van der Waals surface area contributed by atoms with Crippen molar-refractivity contribution in [2.75, 3.05) is 19.6 Å². The maximum absolute atomic E-state index is 9.69. The lowest BCUT2D eigenvalue weighted by Crippen LogP contribution is -2.49. The van der Waals surface area contributed by atoms with Crippen LogP contribution in [0.25, 0.3) is 0 Å². The third-order valence-electron chi connectivity index (χ3n) is 1.99. The van der Waals surface area contributed by atoms with Crippen molar-refractivity contribution in [1.29, 1.82) is 0 Å². The zero-order chi connectivity index (χ0) is 7.45. The molecule has 3 nitrogen and oxygen atoms in total. The largest absolute Gasteiger partial charge is 0.375 e.